The zero-order valence-electron chi connectivity index (χ0n) is 20.3. The molecule has 0 radical (unpaired) electrons. The molecule has 182 valence electrons. The highest BCUT2D eigenvalue weighted by atomic mass is 127. The van der Waals surface area contributed by atoms with Gasteiger partial charge in [-0.2, -0.15) is 0 Å². The van der Waals surface area contributed by atoms with Gasteiger partial charge in [0.15, 0.2) is 5.96 Å². The van der Waals surface area contributed by atoms with Gasteiger partial charge in [0.1, 0.15) is 5.60 Å². The lowest BCUT2D eigenvalue weighted by molar-refractivity contribution is 0.0148. The highest BCUT2D eigenvalue weighted by Crippen LogP contribution is 2.12. The average Bonchev–Trinajstić information content (AvgIpc) is 2.69. The number of hydrogen-bond donors (Lipinski definition) is 2. The Morgan fingerprint density at radius 1 is 1.00 bits per heavy atom. The van der Waals surface area contributed by atoms with Crippen LogP contribution in [-0.4, -0.2) is 104 Å². The number of hydrogen-bond acceptors (Lipinski definition) is 5. The molecule has 2 aliphatic heterocycles. The molecule has 31 heavy (non-hydrogen) atoms. The molecule has 9 heteroatoms. The molecule has 0 bridgehead atoms. The predicted molar refractivity (Wildman–Crippen MR) is 139 cm³/mol. The average molecular weight is 553 g/mol. The lowest BCUT2D eigenvalue weighted by atomic mass is 10.1. The second-order valence-corrected chi connectivity index (χ2v) is 9.33. The van der Waals surface area contributed by atoms with Crippen LogP contribution in [0.5, 0.6) is 0 Å². The normalized spacial score (nSPS) is 19.6. The van der Waals surface area contributed by atoms with Gasteiger partial charge in [-0.15, -0.1) is 24.0 Å². The fourth-order valence-corrected chi connectivity index (χ4v) is 3.91. The van der Waals surface area contributed by atoms with Crippen molar-refractivity contribution in [2.75, 3.05) is 65.4 Å². The van der Waals surface area contributed by atoms with E-state index in [9.17, 15) is 4.79 Å². The Morgan fingerprint density at radius 3 is 2.16 bits per heavy atom. The zero-order valence-corrected chi connectivity index (χ0v) is 22.6. The summed E-state index contributed by atoms with van der Waals surface area (Å²) in [6, 6.07) is 0.508. The van der Waals surface area contributed by atoms with Gasteiger partial charge in [0.05, 0.1) is 6.54 Å². The number of amides is 1. The van der Waals surface area contributed by atoms with Gasteiger partial charge in [0, 0.05) is 58.4 Å². The summed E-state index contributed by atoms with van der Waals surface area (Å²) in [5.41, 5.74) is -0.439. The highest BCUT2D eigenvalue weighted by molar-refractivity contribution is 14.0. The van der Waals surface area contributed by atoms with Crippen LogP contribution in [0, 0.1) is 0 Å². The van der Waals surface area contributed by atoms with E-state index in [2.05, 4.69) is 34.3 Å². The molecule has 2 heterocycles. The highest BCUT2D eigenvalue weighted by Gasteiger charge is 2.25. The third kappa shape index (κ3) is 11.1. The molecule has 0 aromatic rings. The van der Waals surface area contributed by atoms with Crippen molar-refractivity contribution in [3.8, 4) is 0 Å². The maximum Gasteiger partial charge on any atom is 0.410 e. The summed E-state index contributed by atoms with van der Waals surface area (Å²) in [5.74, 6) is 0.929. The van der Waals surface area contributed by atoms with Crippen molar-refractivity contribution >= 4 is 36.0 Å². The topological polar surface area (TPSA) is 72.4 Å². The molecule has 2 fully saturated rings. The van der Waals surface area contributed by atoms with E-state index in [4.69, 9.17) is 9.73 Å². The quantitative estimate of drug-likeness (QED) is 0.288. The van der Waals surface area contributed by atoms with Gasteiger partial charge in [-0.3, -0.25) is 9.89 Å². The standard InChI is InChI=1S/C22H44N6O2.HI/c1-6-11-26-12-8-19(9-13-26)25-20(23-7-2)24-10-14-27-15-17-28(18-16-27)21(29)30-22(3,4)5;/h19H,6-18H2,1-5H3,(H2,23,24,25);1H. The molecule has 0 aliphatic carbocycles. The first-order valence-electron chi connectivity index (χ1n) is 11.8. The number of halogens is 1. The van der Waals surface area contributed by atoms with Crippen molar-refractivity contribution in [2.45, 2.75) is 65.5 Å². The van der Waals surface area contributed by atoms with Gasteiger partial charge in [-0.25, -0.2) is 4.79 Å². The number of piperazine rings is 1. The van der Waals surface area contributed by atoms with E-state index in [0.717, 1.165) is 38.7 Å². The van der Waals surface area contributed by atoms with Gasteiger partial charge >= 0.3 is 6.09 Å². The minimum Gasteiger partial charge on any atom is -0.444 e. The van der Waals surface area contributed by atoms with Gasteiger partial charge in [0.2, 0.25) is 0 Å². The van der Waals surface area contributed by atoms with Gasteiger partial charge in [-0.1, -0.05) is 6.92 Å². The van der Waals surface area contributed by atoms with Crippen molar-refractivity contribution in [3.63, 3.8) is 0 Å². The first-order valence-corrected chi connectivity index (χ1v) is 11.8. The number of ether oxygens (including phenoxy) is 1. The van der Waals surface area contributed by atoms with Crippen LogP contribution < -0.4 is 10.6 Å². The summed E-state index contributed by atoms with van der Waals surface area (Å²) in [4.78, 5) is 23.7. The number of carbonyl (C=O) groups is 1. The number of nitrogens with zero attached hydrogens (tertiary/aromatic N) is 4. The zero-order chi connectivity index (χ0) is 22.0. The number of carbonyl (C=O) groups excluding carboxylic acids is 1. The molecule has 0 aromatic carbocycles. The molecule has 2 N–H and O–H groups in total. The molecule has 0 atom stereocenters. The first kappa shape index (κ1) is 28.2. The number of aliphatic imine (C=N–C) groups is 1. The van der Waals surface area contributed by atoms with Crippen LogP contribution in [-0.2, 0) is 4.74 Å². The Bertz CT molecular complexity index is 539. The van der Waals surface area contributed by atoms with E-state index in [0.29, 0.717) is 19.1 Å². The molecular formula is C22H45IN6O2. The minimum atomic E-state index is -0.439. The molecular weight excluding hydrogens is 507 g/mol. The maximum atomic E-state index is 12.2. The Balaban J connectivity index is 0.00000480. The van der Waals surface area contributed by atoms with Crippen molar-refractivity contribution < 1.29 is 9.53 Å². The molecule has 8 nitrogen and oxygen atoms in total. The summed E-state index contributed by atoms with van der Waals surface area (Å²) in [6.45, 7) is 19.3. The van der Waals surface area contributed by atoms with E-state index in [1.807, 2.05) is 25.7 Å². The SMILES string of the molecule is CCCN1CCC(NC(=NCCN2CCN(C(=O)OC(C)(C)C)CC2)NCC)CC1.I. The van der Waals surface area contributed by atoms with Crippen LogP contribution >= 0.6 is 24.0 Å². The second kappa shape index (κ2) is 14.4. The molecule has 0 spiro atoms. The largest absolute Gasteiger partial charge is 0.444 e. The Kier molecular flexibility index (Phi) is 13.1. The van der Waals surface area contributed by atoms with Crippen molar-refractivity contribution in [1.82, 2.24) is 25.3 Å². The molecule has 2 aliphatic rings. The third-order valence-electron chi connectivity index (χ3n) is 5.52. The number of nitrogens with one attached hydrogen (secondary N) is 2. The summed E-state index contributed by atoms with van der Waals surface area (Å²) in [6.07, 6.45) is 3.38. The summed E-state index contributed by atoms with van der Waals surface area (Å²) in [7, 11) is 0. The molecule has 0 saturated carbocycles. The number of piperidine rings is 1. The van der Waals surface area contributed by atoms with Gasteiger partial charge in [-0.05, 0) is 53.5 Å². The van der Waals surface area contributed by atoms with Crippen molar-refractivity contribution in [2.24, 2.45) is 4.99 Å². The Labute approximate surface area is 206 Å². The van der Waals surface area contributed by atoms with Gasteiger partial charge in [0.25, 0.3) is 0 Å². The van der Waals surface area contributed by atoms with E-state index < -0.39 is 5.60 Å². The smallest absolute Gasteiger partial charge is 0.410 e. The Hall–Kier alpha value is -0.810. The van der Waals surface area contributed by atoms with Crippen LogP contribution in [0.3, 0.4) is 0 Å². The lowest BCUT2D eigenvalue weighted by Gasteiger charge is -2.35. The van der Waals surface area contributed by atoms with E-state index in [1.54, 1.807) is 0 Å². The van der Waals surface area contributed by atoms with Crippen LogP contribution in [0.4, 0.5) is 4.79 Å². The van der Waals surface area contributed by atoms with E-state index in [1.165, 1.54) is 38.9 Å². The van der Waals surface area contributed by atoms with Crippen LogP contribution in [0.25, 0.3) is 0 Å². The van der Waals surface area contributed by atoms with Crippen LogP contribution in [0.1, 0.15) is 53.9 Å². The lowest BCUT2D eigenvalue weighted by Crippen LogP contribution is -2.51. The molecule has 2 saturated heterocycles. The number of likely N-dealkylation sites (tertiary alicyclic amines) is 1. The Morgan fingerprint density at radius 2 is 1.61 bits per heavy atom. The summed E-state index contributed by atoms with van der Waals surface area (Å²) < 4.78 is 5.47. The van der Waals surface area contributed by atoms with Crippen LogP contribution in [0.2, 0.25) is 0 Å². The fraction of sp³-hybridized carbons (Fsp3) is 0.909. The number of guanidine groups is 1. The van der Waals surface area contributed by atoms with E-state index in [-0.39, 0.29) is 30.1 Å². The predicted octanol–water partition coefficient (Wildman–Crippen LogP) is 2.59. The van der Waals surface area contributed by atoms with Crippen molar-refractivity contribution in [1.29, 1.82) is 0 Å². The monoisotopic (exact) mass is 552 g/mol. The van der Waals surface area contributed by atoms with Crippen molar-refractivity contribution in [3.05, 3.63) is 0 Å². The van der Waals surface area contributed by atoms with E-state index >= 15 is 0 Å². The molecule has 2 rings (SSSR count). The summed E-state index contributed by atoms with van der Waals surface area (Å²) >= 11 is 0. The minimum absolute atomic E-state index is 0. The molecule has 0 aromatic heterocycles. The number of rotatable bonds is 7. The molecule has 0 unspecified atom stereocenters. The summed E-state index contributed by atoms with van der Waals surface area (Å²) in [5, 5.41) is 7.01. The second-order valence-electron chi connectivity index (χ2n) is 9.33. The maximum absolute atomic E-state index is 12.2. The first-order chi connectivity index (χ1) is 14.3. The third-order valence-corrected chi connectivity index (χ3v) is 5.52. The molecule has 1 amide bonds. The fourth-order valence-electron chi connectivity index (χ4n) is 3.91. The van der Waals surface area contributed by atoms with Crippen LogP contribution in [0.15, 0.2) is 4.99 Å². The van der Waals surface area contributed by atoms with Gasteiger partial charge < -0.3 is 25.2 Å².